The minimum Gasteiger partial charge on any atom is -0.325 e. The molecule has 1 aromatic carbocycles. The molecule has 1 amide bonds. The van der Waals surface area contributed by atoms with E-state index in [9.17, 15) is 4.79 Å². The van der Waals surface area contributed by atoms with Crippen LogP contribution in [0.4, 0.5) is 5.69 Å². The molecule has 1 N–H and O–H groups in total. The van der Waals surface area contributed by atoms with Crippen LogP contribution in [-0.4, -0.2) is 26.4 Å². The molecule has 3 aromatic rings. The number of carbonyl (C=O) groups excluding carboxylic acids is 1. The van der Waals surface area contributed by atoms with Crippen molar-refractivity contribution in [3.05, 3.63) is 46.8 Å². The molecule has 0 radical (unpaired) electrons. The second kappa shape index (κ2) is 9.02. The predicted octanol–water partition coefficient (Wildman–Crippen LogP) is 6.35. The van der Waals surface area contributed by atoms with Gasteiger partial charge in [0, 0.05) is 11.7 Å². The highest BCUT2D eigenvalue weighted by atomic mass is 32.2. The van der Waals surface area contributed by atoms with Gasteiger partial charge in [-0.25, -0.2) is 0 Å². The number of hydrogen-bond acceptors (Lipinski definition) is 5. The van der Waals surface area contributed by atoms with Crippen LogP contribution >= 0.6 is 23.1 Å². The van der Waals surface area contributed by atoms with Crippen molar-refractivity contribution in [3.8, 4) is 10.7 Å². The van der Waals surface area contributed by atoms with E-state index in [1.807, 2.05) is 26.0 Å². The van der Waals surface area contributed by atoms with Gasteiger partial charge in [0.1, 0.15) is 0 Å². The lowest BCUT2D eigenvalue weighted by atomic mass is 9.84. The fourth-order valence-corrected chi connectivity index (χ4v) is 7.11. The van der Waals surface area contributed by atoms with Crippen LogP contribution in [0.5, 0.6) is 0 Å². The Labute approximate surface area is 198 Å². The number of thiophene rings is 1. The van der Waals surface area contributed by atoms with Crippen LogP contribution in [0.25, 0.3) is 10.7 Å². The van der Waals surface area contributed by atoms with Gasteiger partial charge >= 0.3 is 0 Å². The van der Waals surface area contributed by atoms with E-state index in [0.717, 1.165) is 44.5 Å². The maximum atomic E-state index is 12.7. The summed E-state index contributed by atoms with van der Waals surface area (Å²) in [7, 11) is 0. The highest BCUT2D eigenvalue weighted by Crippen LogP contribution is 2.53. The number of thioether (sulfide) groups is 1. The first kappa shape index (κ1) is 21.7. The summed E-state index contributed by atoms with van der Waals surface area (Å²) in [5.74, 6) is 3.63. The number of nitrogens with zero attached hydrogens (tertiary/aromatic N) is 3. The lowest BCUT2D eigenvalue weighted by molar-refractivity contribution is -0.113. The van der Waals surface area contributed by atoms with Crippen molar-refractivity contribution < 1.29 is 4.79 Å². The zero-order chi connectivity index (χ0) is 22.2. The van der Waals surface area contributed by atoms with Crippen LogP contribution in [0.15, 0.2) is 40.9 Å². The van der Waals surface area contributed by atoms with E-state index in [-0.39, 0.29) is 5.91 Å². The van der Waals surface area contributed by atoms with E-state index in [0.29, 0.717) is 17.7 Å². The Hall–Kier alpha value is -2.12. The summed E-state index contributed by atoms with van der Waals surface area (Å²) in [6.07, 6.45) is 5.45. The smallest absolute Gasteiger partial charge is 0.234 e. The largest absolute Gasteiger partial charge is 0.325 e. The number of aryl methyl sites for hydroxylation is 2. The fourth-order valence-electron chi connectivity index (χ4n) is 5.58. The van der Waals surface area contributed by atoms with Crippen LogP contribution in [0, 0.1) is 31.6 Å². The summed E-state index contributed by atoms with van der Waals surface area (Å²) in [5, 5.41) is 15.1. The minimum absolute atomic E-state index is 0.0106. The average molecular weight is 467 g/mol. The molecule has 4 atom stereocenters. The Balaban J connectivity index is 1.35. The Kier molecular flexibility index (Phi) is 6.12. The van der Waals surface area contributed by atoms with E-state index >= 15 is 0 Å². The van der Waals surface area contributed by atoms with Crippen molar-refractivity contribution in [2.24, 2.45) is 17.8 Å². The molecule has 2 saturated carbocycles. The summed E-state index contributed by atoms with van der Waals surface area (Å²) < 4.78 is 2.31. The summed E-state index contributed by atoms with van der Waals surface area (Å²) in [6, 6.07) is 10.6. The zero-order valence-electron chi connectivity index (χ0n) is 18.9. The summed E-state index contributed by atoms with van der Waals surface area (Å²) in [4.78, 5) is 13.9. The fraction of sp³-hybridized carbons (Fsp3) is 0.480. The number of aromatic nitrogens is 3. The van der Waals surface area contributed by atoms with Gasteiger partial charge in [-0.1, -0.05) is 36.4 Å². The van der Waals surface area contributed by atoms with Gasteiger partial charge in [0.05, 0.1) is 10.6 Å². The van der Waals surface area contributed by atoms with Gasteiger partial charge in [-0.15, -0.1) is 21.5 Å². The first-order valence-electron chi connectivity index (χ1n) is 11.5. The molecule has 2 aliphatic rings. The molecule has 2 aliphatic carbocycles. The Bertz CT molecular complexity index is 1110. The Morgan fingerprint density at radius 2 is 2.12 bits per heavy atom. The molecule has 5 rings (SSSR count). The molecule has 2 bridgehead atoms. The zero-order valence-corrected chi connectivity index (χ0v) is 20.5. The molecule has 0 saturated heterocycles. The molecule has 5 nitrogen and oxygen atoms in total. The average Bonchev–Trinajstić information content (AvgIpc) is 3.57. The third kappa shape index (κ3) is 4.25. The van der Waals surface area contributed by atoms with E-state index in [4.69, 9.17) is 0 Å². The number of nitrogens with one attached hydrogen (secondary N) is 1. The van der Waals surface area contributed by atoms with Gasteiger partial charge in [-0.05, 0) is 86.4 Å². The van der Waals surface area contributed by atoms with Gasteiger partial charge in [0.15, 0.2) is 11.0 Å². The number of amides is 1. The predicted molar refractivity (Wildman–Crippen MR) is 132 cm³/mol. The van der Waals surface area contributed by atoms with Crippen molar-refractivity contribution in [2.45, 2.75) is 57.7 Å². The summed E-state index contributed by atoms with van der Waals surface area (Å²) in [6.45, 7) is 6.38. The van der Waals surface area contributed by atoms with E-state index in [2.05, 4.69) is 50.6 Å². The van der Waals surface area contributed by atoms with Crippen LogP contribution in [0.2, 0.25) is 0 Å². The Morgan fingerprint density at radius 1 is 1.25 bits per heavy atom. The molecule has 2 fully saturated rings. The first-order valence-corrected chi connectivity index (χ1v) is 13.3. The van der Waals surface area contributed by atoms with E-state index in [1.54, 1.807) is 11.3 Å². The maximum Gasteiger partial charge on any atom is 0.234 e. The van der Waals surface area contributed by atoms with Crippen LogP contribution < -0.4 is 5.32 Å². The van der Waals surface area contributed by atoms with Crippen molar-refractivity contribution >= 4 is 34.7 Å². The molecule has 0 spiro atoms. The number of hydrogen-bond donors (Lipinski definition) is 1. The van der Waals surface area contributed by atoms with Gasteiger partial charge in [-0.3, -0.25) is 9.36 Å². The second-order valence-corrected chi connectivity index (χ2v) is 11.3. The topological polar surface area (TPSA) is 59.8 Å². The molecule has 7 heteroatoms. The van der Waals surface area contributed by atoms with Gasteiger partial charge in [-0.2, -0.15) is 0 Å². The van der Waals surface area contributed by atoms with Crippen molar-refractivity contribution in [2.75, 3.05) is 11.1 Å². The van der Waals surface area contributed by atoms with Gasteiger partial charge in [0.2, 0.25) is 5.91 Å². The first-order chi connectivity index (χ1) is 15.5. The lowest BCUT2D eigenvalue weighted by Crippen LogP contribution is -2.23. The number of anilines is 1. The number of rotatable bonds is 7. The molecule has 0 aliphatic heterocycles. The van der Waals surface area contributed by atoms with Crippen LogP contribution in [0.1, 0.15) is 49.8 Å². The SMILES string of the molecule is Cc1ccc(C)c(NC(=O)CSc2nnc(-c3cccs3)n2C(C)C2CC3CCC2C3)c1. The molecule has 2 heterocycles. The highest BCUT2D eigenvalue weighted by molar-refractivity contribution is 7.99. The molecular formula is C25H30N4OS2. The normalized spacial score (nSPS) is 22.9. The van der Waals surface area contributed by atoms with Crippen molar-refractivity contribution in [1.29, 1.82) is 0 Å². The lowest BCUT2D eigenvalue weighted by Gasteiger charge is -2.30. The molecule has 168 valence electrons. The quantitative estimate of drug-likeness (QED) is 0.412. The number of benzene rings is 1. The van der Waals surface area contributed by atoms with E-state index in [1.165, 1.54) is 37.4 Å². The molecular weight excluding hydrogens is 436 g/mol. The number of fused-ring (bicyclic) bond motifs is 2. The number of carbonyl (C=O) groups is 1. The second-order valence-electron chi connectivity index (χ2n) is 9.39. The maximum absolute atomic E-state index is 12.7. The molecule has 2 aromatic heterocycles. The monoisotopic (exact) mass is 466 g/mol. The molecule has 4 unspecified atom stereocenters. The summed E-state index contributed by atoms with van der Waals surface area (Å²) >= 11 is 3.19. The molecule has 32 heavy (non-hydrogen) atoms. The van der Waals surface area contributed by atoms with Crippen LogP contribution in [-0.2, 0) is 4.79 Å². The van der Waals surface area contributed by atoms with Crippen LogP contribution in [0.3, 0.4) is 0 Å². The van der Waals surface area contributed by atoms with E-state index < -0.39 is 0 Å². The summed E-state index contributed by atoms with van der Waals surface area (Å²) in [5.41, 5.74) is 3.09. The third-order valence-electron chi connectivity index (χ3n) is 7.23. The minimum atomic E-state index is -0.0106. The van der Waals surface area contributed by atoms with Crippen molar-refractivity contribution in [3.63, 3.8) is 0 Å². The van der Waals surface area contributed by atoms with Crippen molar-refractivity contribution in [1.82, 2.24) is 14.8 Å². The highest BCUT2D eigenvalue weighted by Gasteiger charge is 2.43. The van der Waals surface area contributed by atoms with Gasteiger partial charge < -0.3 is 5.32 Å². The van der Waals surface area contributed by atoms with Gasteiger partial charge in [0.25, 0.3) is 0 Å². The third-order valence-corrected chi connectivity index (χ3v) is 9.03. The Morgan fingerprint density at radius 3 is 2.84 bits per heavy atom. The standard InChI is InChI=1S/C25H30N4OS2/c1-15-6-7-16(2)21(11-15)26-23(30)14-32-25-28-27-24(22-5-4-10-31-22)29(25)17(3)20-13-18-8-9-19(20)12-18/h4-7,10-11,17-20H,8-9,12-14H2,1-3H3,(H,26,30).